The number of hydrogen-bond acceptors (Lipinski definition) is 4. The summed E-state index contributed by atoms with van der Waals surface area (Å²) in [5, 5.41) is 5.42. The number of hydrogen-bond donors (Lipinski definition) is 2. The maximum atomic E-state index is 12.0. The summed E-state index contributed by atoms with van der Waals surface area (Å²) in [6.45, 7) is 1.92. The van der Waals surface area contributed by atoms with E-state index < -0.39 is 0 Å². The van der Waals surface area contributed by atoms with Crippen LogP contribution >= 0.6 is 0 Å². The fourth-order valence-electron chi connectivity index (χ4n) is 2.11. The Balaban J connectivity index is 1.65. The fraction of sp³-hybridized carbons (Fsp3) is 0.500. The maximum absolute atomic E-state index is 12.0. The summed E-state index contributed by atoms with van der Waals surface area (Å²) >= 11 is 0. The number of amides is 3. The van der Waals surface area contributed by atoms with Gasteiger partial charge in [-0.3, -0.25) is 14.4 Å². The molecule has 7 heteroatoms. The van der Waals surface area contributed by atoms with Crippen LogP contribution in [0.15, 0.2) is 22.8 Å². The van der Waals surface area contributed by atoms with Crippen molar-refractivity contribution < 1.29 is 18.8 Å². The zero-order valence-corrected chi connectivity index (χ0v) is 11.8. The van der Waals surface area contributed by atoms with Gasteiger partial charge in [0, 0.05) is 39.0 Å². The predicted octanol–water partition coefficient (Wildman–Crippen LogP) is 0.138. The molecular formula is C14H19N3O4. The van der Waals surface area contributed by atoms with Gasteiger partial charge in [0.1, 0.15) is 0 Å². The van der Waals surface area contributed by atoms with Gasteiger partial charge in [-0.1, -0.05) is 0 Å². The van der Waals surface area contributed by atoms with Crippen LogP contribution in [0.25, 0.3) is 0 Å². The molecule has 2 N–H and O–H groups in total. The van der Waals surface area contributed by atoms with Crippen LogP contribution in [0.5, 0.6) is 0 Å². The second-order valence-electron chi connectivity index (χ2n) is 4.82. The fourth-order valence-corrected chi connectivity index (χ4v) is 2.11. The molecule has 0 bridgehead atoms. The molecule has 0 radical (unpaired) electrons. The molecule has 0 aliphatic carbocycles. The molecule has 0 saturated carbocycles. The number of furan rings is 1. The van der Waals surface area contributed by atoms with Crippen LogP contribution in [0.3, 0.4) is 0 Å². The Morgan fingerprint density at radius 2 is 2.24 bits per heavy atom. The summed E-state index contributed by atoms with van der Waals surface area (Å²) in [5.74, 6) is -0.0230. The van der Waals surface area contributed by atoms with Gasteiger partial charge >= 0.3 is 0 Å². The van der Waals surface area contributed by atoms with Gasteiger partial charge in [-0.15, -0.1) is 0 Å². The number of carbonyl (C=O) groups is 3. The van der Waals surface area contributed by atoms with Gasteiger partial charge in [0.2, 0.25) is 11.8 Å². The topological polar surface area (TPSA) is 91.7 Å². The lowest BCUT2D eigenvalue weighted by atomic mass is 10.2. The summed E-state index contributed by atoms with van der Waals surface area (Å²) in [6, 6.07) is 3.23. The van der Waals surface area contributed by atoms with E-state index in [2.05, 4.69) is 10.6 Å². The van der Waals surface area contributed by atoms with Gasteiger partial charge in [-0.25, -0.2) is 0 Å². The summed E-state index contributed by atoms with van der Waals surface area (Å²) in [6.07, 6.45) is 2.70. The zero-order chi connectivity index (χ0) is 15.1. The Labute approximate surface area is 122 Å². The van der Waals surface area contributed by atoms with Gasteiger partial charge in [-0.2, -0.15) is 0 Å². The first kappa shape index (κ1) is 15.1. The molecule has 1 aliphatic heterocycles. The minimum atomic E-state index is -0.281. The van der Waals surface area contributed by atoms with E-state index in [1.807, 2.05) is 0 Å². The first-order chi connectivity index (χ1) is 10.2. The number of rotatable bonds is 5. The highest BCUT2D eigenvalue weighted by atomic mass is 16.3. The monoisotopic (exact) mass is 293 g/mol. The second kappa shape index (κ2) is 7.47. The third-order valence-electron chi connectivity index (χ3n) is 3.26. The minimum absolute atomic E-state index is 0.0127. The molecule has 0 aromatic carbocycles. The Bertz CT molecular complexity index is 498. The first-order valence-electron chi connectivity index (χ1n) is 7.03. The molecule has 0 unspecified atom stereocenters. The van der Waals surface area contributed by atoms with Crippen LogP contribution in [-0.2, 0) is 9.59 Å². The van der Waals surface area contributed by atoms with E-state index in [9.17, 15) is 14.4 Å². The molecule has 1 fully saturated rings. The van der Waals surface area contributed by atoms with Crippen molar-refractivity contribution in [3.8, 4) is 0 Å². The number of nitrogens with one attached hydrogen (secondary N) is 2. The van der Waals surface area contributed by atoms with Crippen molar-refractivity contribution in [1.29, 1.82) is 0 Å². The number of nitrogens with zero attached hydrogens (tertiary/aromatic N) is 1. The molecule has 1 aromatic rings. The van der Waals surface area contributed by atoms with E-state index >= 15 is 0 Å². The van der Waals surface area contributed by atoms with Crippen molar-refractivity contribution >= 4 is 17.7 Å². The Hall–Kier alpha value is -2.31. The molecule has 1 aliphatic rings. The average Bonchev–Trinajstić information content (AvgIpc) is 2.92. The van der Waals surface area contributed by atoms with E-state index in [0.29, 0.717) is 45.4 Å². The van der Waals surface area contributed by atoms with E-state index in [4.69, 9.17) is 4.42 Å². The molecular weight excluding hydrogens is 274 g/mol. The molecule has 0 atom stereocenters. The van der Waals surface area contributed by atoms with Gasteiger partial charge in [0.25, 0.3) is 5.91 Å². The van der Waals surface area contributed by atoms with Gasteiger partial charge in [-0.05, 0) is 18.6 Å². The van der Waals surface area contributed by atoms with Crippen LogP contribution in [0.2, 0.25) is 0 Å². The lowest BCUT2D eigenvalue weighted by molar-refractivity contribution is -0.131. The largest absolute Gasteiger partial charge is 0.459 e. The molecule has 2 rings (SSSR count). The first-order valence-corrected chi connectivity index (χ1v) is 7.03. The van der Waals surface area contributed by atoms with Crippen molar-refractivity contribution in [1.82, 2.24) is 15.5 Å². The van der Waals surface area contributed by atoms with E-state index in [-0.39, 0.29) is 23.5 Å². The molecule has 1 aromatic heterocycles. The zero-order valence-electron chi connectivity index (χ0n) is 11.8. The van der Waals surface area contributed by atoms with Crippen LogP contribution < -0.4 is 10.6 Å². The van der Waals surface area contributed by atoms with E-state index in [1.54, 1.807) is 17.0 Å². The second-order valence-corrected chi connectivity index (χ2v) is 4.82. The Morgan fingerprint density at radius 1 is 1.38 bits per heavy atom. The molecule has 2 heterocycles. The van der Waals surface area contributed by atoms with Gasteiger partial charge in [0.05, 0.1) is 6.26 Å². The maximum Gasteiger partial charge on any atom is 0.286 e. The third-order valence-corrected chi connectivity index (χ3v) is 3.26. The molecule has 114 valence electrons. The van der Waals surface area contributed by atoms with E-state index in [0.717, 1.165) is 0 Å². The van der Waals surface area contributed by atoms with Crippen molar-refractivity contribution in [2.75, 3.05) is 26.2 Å². The standard InChI is InChI=1S/C14H19N3O4/c18-12-5-8-17(9-7-15-12)13(19)4-1-6-16-14(20)11-3-2-10-21-11/h2-3,10H,1,4-9H2,(H,15,18)(H,16,20). The third kappa shape index (κ3) is 4.62. The summed E-state index contributed by atoms with van der Waals surface area (Å²) in [4.78, 5) is 36.5. The molecule has 21 heavy (non-hydrogen) atoms. The van der Waals surface area contributed by atoms with Crippen molar-refractivity contribution in [3.05, 3.63) is 24.2 Å². The molecule has 7 nitrogen and oxygen atoms in total. The highest BCUT2D eigenvalue weighted by Gasteiger charge is 2.17. The minimum Gasteiger partial charge on any atom is -0.459 e. The summed E-state index contributed by atoms with van der Waals surface area (Å²) in [7, 11) is 0. The van der Waals surface area contributed by atoms with Gasteiger partial charge in [0.15, 0.2) is 5.76 Å². The highest BCUT2D eigenvalue weighted by Crippen LogP contribution is 2.03. The highest BCUT2D eigenvalue weighted by molar-refractivity contribution is 5.91. The van der Waals surface area contributed by atoms with Crippen molar-refractivity contribution in [2.24, 2.45) is 0 Å². The average molecular weight is 293 g/mol. The van der Waals surface area contributed by atoms with Gasteiger partial charge < -0.3 is 20.0 Å². The lowest BCUT2D eigenvalue weighted by Crippen LogP contribution is -2.34. The Morgan fingerprint density at radius 3 is 3.00 bits per heavy atom. The Kier molecular flexibility index (Phi) is 5.36. The quantitative estimate of drug-likeness (QED) is 0.755. The van der Waals surface area contributed by atoms with Crippen molar-refractivity contribution in [2.45, 2.75) is 19.3 Å². The summed E-state index contributed by atoms with van der Waals surface area (Å²) in [5.41, 5.74) is 0. The van der Waals surface area contributed by atoms with E-state index in [1.165, 1.54) is 6.26 Å². The smallest absolute Gasteiger partial charge is 0.286 e. The lowest BCUT2D eigenvalue weighted by Gasteiger charge is -2.19. The van der Waals surface area contributed by atoms with Crippen LogP contribution in [0, 0.1) is 0 Å². The molecule has 3 amide bonds. The van der Waals surface area contributed by atoms with Crippen LogP contribution in [0.1, 0.15) is 29.8 Å². The SMILES string of the molecule is O=C1CCN(C(=O)CCCNC(=O)c2ccco2)CCN1. The predicted molar refractivity (Wildman–Crippen MR) is 74.5 cm³/mol. The summed E-state index contributed by atoms with van der Waals surface area (Å²) < 4.78 is 4.97. The van der Waals surface area contributed by atoms with Crippen LogP contribution in [0.4, 0.5) is 0 Å². The van der Waals surface area contributed by atoms with Crippen LogP contribution in [-0.4, -0.2) is 48.8 Å². The van der Waals surface area contributed by atoms with Crippen molar-refractivity contribution in [3.63, 3.8) is 0 Å². The normalized spacial score (nSPS) is 15.2. The molecule has 1 saturated heterocycles. The molecule has 0 spiro atoms. The number of carbonyl (C=O) groups excluding carboxylic acids is 3.